The Morgan fingerprint density at radius 2 is 1.54 bits per heavy atom. The lowest BCUT2D eigenvalue weighted by atomic mass is 10.0. The molecule has 2 amide bonds. The first-order chi connectivity index (χ1) is 13.5. The highest BCUT2D eigenvalue weighted by atomic mass is 16.5. The number of unbranched alkanes of at least 4 members (excludes halogenated alkanes) is 6. The van der Waals surface area contributed by atoms with E-state index in [1.165, 1.54) is 23.9 Å². The third-order valence-electron chi connectivity index (χ3n) is 4.53. The van der Waals surface area contributed by atoms with Gasteiger partial charge in [-0.15, -0.1) is 0 Å². The smallest absolute Gasteiger partial charge is 0.303 e. The van der Waals surface area contributed by atoms with Crippen molar-refractivity contribution >= 4 is 17.8 Å². The van der Waals surface area contributed by atoms with E-state index < -0.39 is 17.9 Å². The molecule has 8 nitrogen and oxygen atoms in total. The predicted octanol–water partition coefficient (Wildman–Crippen LogP) is 2.60. The molecular formula is C20H31N3O5. The van der Waals surface area contributed by atoms with Crippen LogP contribution in [0.3, 0.4) is 0 Å². The number of carboxylic acids is 1. The van der Waals surface area contributed by atoms with Crippen LogP contribution in [0.25, 0.3) is 0 Å². The largest absolute Gasteiger partial charge is 0.481 e. The molecule has 0 aliphatic carbocycles. The van der Waals surface area contributed by atoms with E-state index in [9.17, 15) is 14.4 Å². The Bertz CT molecular complexity index is 595. The number of nitrogens with zero attached hydrogens (tertiary/aromatic N) is 1. The standard InChI is InChI=1S/C20H31N3O5/c24-18(22-17(20(27)23-28)10-11-19(25)26)9-7-5-3-1-2-4-6-8-16-12-14-21-15-13-16/h12-15,17,28H,1-11H2,(H,22,24)(H,23,27)(H,25,26)/t17-/m1/s1. The van der Waals surface area contributed by atoms with Crippen LogP contribution in [0.2, 0.25) is 0 Å². The van der Waals surface area contributed by atoms with E-state index in [1.807, 2.05) is 24.5 Å². The van der Waals surface area contributed by atoms with Crippen molar-refractivity contribution in [1.82, 2.24) is 15.8 Å². The molecule has 0 unspecified atom stereocenters. The van der Waals surface area contributed by atoms with Crippen LogP contribution in [-0.4, -0.2) is 39.1 Å². The van der Waals surface area contributed by atoms with Crippen LogP contribution in [-0.2, 0) is 20.8 Å². The van der Waals surface area contributed by atoms with Crippen molar-refractivity contribution in [2.45, 2.75) is 76.7 Å². The van der Waals surface area contributed by atoms with Gasteiger partial charge in [-0.1, -0.05) is 32.1 Å². The van der Waals surface area contributed by atoms with E-state index in [1.54, 1.807) is 0 Å². The normalized spacial score (nSPS) is 11.6. The summed E-state index contributed by atoms with van der Waals surface area (Å²) in [6, 6.07) is 3.05. The number of aromatic nitrogens is 1. The Morgan fingerprint density at radius 1 is 0.929 bits per heavy atom. The number of hydrogen-bond donors (Lipinski definition) is 4. The maximum atomic E-state index is 11.9. The summed E-state index contributed by atoms with van der Waals surface area (Å²) in [5, 5.41) is 19.8. The summed E-state index contributed by atoms with van der Waals surface area (Å²) in [6.07, 6.45) is 12.0. The lowest BCUT2D eigenvalue weighted by Gasteiger charge is -2.15. The van der Waals surface area contributed by atoms with Crippen LogP contribution in [0.15, 0.2) is 24.5 Å². The number of carbonyl (C=O) groups is 3. The highest BCUT2D eigenvalue weighted by molar-refractivity contribution is 5.87. The molecule has 1 heterocycles. The molecule has 4 N–H and O–H groups in total. The molecule has 0 saturated carbocycles. The van der Waals surface area contributed by atoms with E-state index in [0.717, 1.165) is 38.5 Å². The molecule has 1 rings (SSSR count). The number of hydrogen-bond acceptors (Lipinski definition) is 5. The maximum absolute atomic E-state index is 11.9. The summed E-state index contributed by atoms with van der Waals surface area (Å²) in [4.78, 5) is 38.0. The van der Waals surface area contributed by atoms with Crippen molar-refractivity contribution in [3.8, 4) is 0 Å². The summed E-state index contributed by atoms with van der Waals surface area (Å²) in [5.41, 5.74) is 2.77. The van der Waals surface area contributed by atoms with Gasteiger partial charge in [-0.3, -0.25) is 24.6 Å². The van der Waals surface area contributed by atoms with E-state index >= 15 is 0 Å². The number of amides is 2. The van der Waals surface area contributed by atoms with Gasteiger partial charge in [0.25, 0.3) is 5.91 Å². The molecule has 0 aliphatic rings. The molecule has 0 bridgehead atoms. The average Bonchev–Trinajstić information content (AvgIpc) is 2.69. The molecule has 1 aromatic heterocycles. The molecule has 0 fully saturated rings. The third-order valence-corrected chi connectivity index (χ3v) is 4.53. The lowest BCUT2D eigenvalue weighted by Crippen LogP contribution is -2.46. The zero-order valence-corrected chi connectivity index (χ0v) is 16.2. The number of nitrogens with one attached hydrogen (secondary N) is 2. The molecule has 0 saturated heterocycles. The van der Waals surface area contributed by atoms with Crippen LogP contribution in [0.1, 0.15) is 69.8 Å². The minimum atomic E-state index is -1.06. The van der Waals surface area contributed by atoms with Crippen LogP contribution in [0.4, 0.5) is 0 Å². The molecular weight excluding hydrogens is 362 g/mol. The summed E-state index contributed by atoms with van der Waals surface area (Å²) in [5.74, 6) is -2.18. The molecule has 0 aromatic carbocycles. The molecule has 0 aliphatic heterocycles. The summed E-state index contributed by atoms with van der Waals surface area (Å²) in [6.45, 7) is 0. The molecule has 1 atom stereocenters. The minimum absolute atomic E-state index is 0.0625. The van der Waals surface area contributed by atoms with Gasteiger partial charge in [0.2, 0.25) is 5.91 Å². The number of rotatable bonds is 15. The summed E-state index contributed by atoms with van der Waals surface area (Å²) >= 11 is 0. The first-order valence-electron chi connectivity index (χ1n) is 9.87. The highest BCUT2D eigenvalue weighted by Gasteiger charge is 2.21. The lowest BCUT2D eigenvalue weighted by molar-refractivity contribution is -0.139. The van der Waals surface area contributed by atoms with Crippen LogP contribution in [0, 0.1) is 0 Å². The van der Waals surface area contributed by atoms with Gasteiger partial charge in [0.05, 0.1) is 0 Å². The van der Waals surface area contributed by atoms with Crippen molar-refractivity contribution in [1.29, 1.82) is 0 Å². The molecule has 28 heavy (non-hydrogen) atoms. The van der Waals surface area contributed by atoms with Crippen molar-refractivity contribution < 1.29 is 24.7 Å². The number of aliphatic carboxylic acids is 1. The third kappa shape index (κ3) is 11.3. The highest BCUT2D eigenvalue weighted by Crippen LogP contribution is 2.11. The van der Waals surface area contributed by atoms with E-state index in [0.29, 0.717) is 0 Å². The van der Waals surface area contributed by atoms with Gasteiger partial charge in [0.15, 0.2) is 0 Å². The molecule has 8 heteroatoms. The van der Waals surface area contributed by atoms with Gasteiger partial charge < -0.3 is 10.4 Å². The monoisotopic (exact) mass is 393 g/mol. The number of pyridine rings is 1. The van der Waals surface area contributed by atoms with E-state index in [4.69, 9.17) is 10.3 Å². The van der Waals surface area contributed by atoms with E-state index in [-0.39, 0.29) is 25.2 Å². The van der Waals surface area contributed by atoms with Gasteiger partial charge in [-0.2, -0.15) is 0 Å². The molecule has 156 valence electrons. The Kier molecular flexibility index (Phi) is 12.3. The minimum Gasteiger partial charge on any atom is -0.481 e. The Hall–Kier alpha value is -2.48. The average molecular weight is 393 g/mol. The zero-order valence-electron chi connectivity index (χ0n) is 16.2. The number of aryl methyl sites for hydroxylation is 1. The Morgan fingerprint density at radius 3 is 2.14 bits per heavy atom. The number of carboxylic acid groups (broad SMARTS) is 1. The SMILES string of the molecule is O=C(O)CC[C@@H](NC(=O)CCCCCCCCCc1ccncc1)C(=O)NO. The summed E-state index contributed by atoms with van der Waals surface area (Å²) in [7, 11) is 0. The Balaban J connectivity index is 2.05. The van der Waals surface area contributed by atoms with Gasteiger partial charge in [0.1, 0.15) is 6.04 Å². The second-order valence-corrected chi connectivity index (χ2v) is 6.86. The fraction of sp³-hybridized carbons (Fsp3) is 0.600. The van der Waals surface area contributed by atoms with Gasteiger partial charge in [-0.25, -0.2) is 5.48 Å². The first-order valence-corrected chi connectivity index (χ1v) is 9.87. The number of hydroxylamine groups is 1. The molecule has 1 aromatic rings. The first kappa shape index (κ1) is 23.6. The van der Waals surface area contributed by atoms with Gasteiger partial charge in [-0.05, 0) is 43.4 Å². The molecule has 0 radical (unpaired) electrons. The molecule has 0 spiro atoms. The second-order valence-electron chi connectivity index (χ2n) is 6.86. The number of carbonyl (C=O) groups excluding carboxylic acids is 2. The quantitative estimate of drug-likeness (QED) is 0.206. The van der Waals surface area contributed by atoms with Crippen molar-refractivity contribution in [3.05, 3.63) is 30.1 Å². The fourth-order valence-corrected chi connectivity index (χ4v) is 2.93. The Labute approximate surface area is 165 Å². The topological polar surface area (TPSA) is 129 Å². The van der Waals surface area contributed by atoms with Crippen LogP contribution >= 0.6 is 0 Å². The second kappa shape index (κ2) is 14.6. The fourth-order valence-electron chi connectivity index (χ4n) is 2.93. The van der Waals surface area contributed by atoms with Gasteiger partial charge >= 0.3 is 5.97 Å². The predicted molar refractivity (Wildman–Crippen MR) is 104 cm³/mol. The zero-order chi connectivity index (χ0) is 20.6. The van der Waals surface area contributed by atoms with Gasteiger partial charge in [0, 0.05) is 25.2 Å². The summed E-state index contributed by atoms with van der Waals surface area (Å²) < 4.78 is 0. The van der Waals surface area contributed by atoms with Crippen molar-refractivity contribution in [2.75, 3.05) is 0 Å². The van der Waals surface area contributed by atoms with E-state index in [2.05, 4.69) is 10.3 Å². The van der Waals surface area contributed by atoms with Crippen molar-refractivity contribution in [3.63, 3.8) is 0 Å². The van der Waals surface area contributed by atoms with Crippen molar-refractivity contribution in [2.24, 2.45) is 0 Å². The van der Waals surface area contributed by atoms with Crippen LogP contribution < -0.4 is 10.8 Å². The maximum Gasteiger partial charge on any atom is 0.303 e. The van der Waals surface area contributed by atoms with Crippen LogP contribution in [0.5, 0.6) is 0 Å².